The van der Waals surface area contributed by atoms with Crippen LogP contribution >= 0.6 is 0 Å². The van der Waals surface area contributed by atoms with Gasteiger partial charge in [-0.1, -0.05) is 12.1 Å². The third-order valence-electron chi connectivity index (χ3n) is 6.08. The lowest BCUT2D eigenvalue weighted by atomic mass is 9.98. The maximum absolute atomic E-state index is 12.6. The molecule has 2 aliphatic rings. The number of aliphatic hydroxyl groups is 1. The van der Waals surface area contributed by atoms with Crippen molar-refractivity contribution in [3.8, 4) is 5.75 Å². The summed E-state index contributed by atoms with van der Waals surface area (Å²) in [5, 5.41) is 13.4. The fraction of sp³-hybridized carbons (Fsp3) is 0.320. The number of carbonyl (C=O) groups is 1. The number of aromatic nitrogens is 1. The van der Waals surface area contributed by atoms with Crippen LogP contribution in [0.1, 0.15) is 29.7 Å². The molecule has 1 aromatic heterocycles. The van der Waals surface area contributed by atoms with Gasteiger partial charge in [-0.15, -0.1) is 0 Å². The maximum Gasteiger partial charge on any atom is 0.256 e. The van der Waals surface area contributed by atoms with Crippen LogP contribution in [0.15, 0.2) is 42.5 Å². The molecule has 0 bridgehead atoms. The molecule has 0 aliphatic carbocycles. The van der Waals surface area contributed by atoms with Crippen LogP contribution in [0.25, 0.3) is 22.6 Å². The van der Waals surface area contributed by atoms with Crippen LogP contribution in [0.2, 0.25) is 0 Å². The normalized spacial score (nSPS) is 17.5. The van der Waals surface area contributed by atoms with Crippen molar-refractivity contribution in [3.05, 3.63) is 59.3 Å². The van der Waals surface area contributed by atoms with Gasteiger partial charge in [-0.25, -0.2) is 0 Å². The molecule has 6 heteroatoms. The molecule has 1 amide bonds. The van der Waals surface area contributed by atoms with Gasteiger partial charge in [-0.05, 0) is 74.3 Å². The first kappa shape index (κ1) is 19.8. The van der Waals surface area contributed by atoms with Crippen LogP contribution in [0, 0.1) is 0 Å². The van der Waals surface area contributed by atoms with Gasteiger partial charge in [0, 0.05) is 41.0 Å². The highest BCUT2D eigenvalue weighted by Gasteiger charge is 2.26. The van der Waals surface area contributed by atoms with E-state index in [1.165, 1.54) is 25.9 Å². The molecule has 5 rings (SSSR count). The molecule has 0 unspecified atom stereocenters. The molecule has 0 spiro atoms. The van der Waals surface area contributed by atoms with Gasteiger partial charge in [-0.2, -0.15) is 0 Å². The van der Waals surface area contributed by atoms with E-state index in [4.69, 9.17) is 4.74 Å². The Morgan fingerprint density at radius 3 is 2.84 bits per heavy atom. The zero-order valence-electron chi connectivity index (χ0n) is 17.5. The molecule has 31 heavy (non-hydrogen) atoms. The van der Waals surface area contributed by atoms with Crippen molar-refractivity contribution in [3.63, 3.8) is 0 Å². The fourth-order valence-electron chi connectivity index (χ4n) is 4.55. The monoisotopic (exact) mass is 417 g/mol. The number of aliphatic hydroxyl groups excluding tert-OH is 1. The third-order valence-corrected chi connectivity index (χ3v) is 6.08. The van der Waals surface area contributed by atoms with E-state index >= 15 is 0 Å². The summed E-state index contributed by atoms with van der Waals surface area (Å²) in [7, 11) is 0. The number of hydrogen-bond acceptors (Lipinski definition) is 4. The summed E-state index contributed by atoms with van der Waals surface area (Å²) in [6.45, 7) is 4.05. The Labute approximate surface area is 181 Å². The molecule has 1 saturated heterocycles. The molecular weight excluding hydrogens is 390 g/mol. The number of aromatic amines is 1. The Balaban J connectivity index is 1.37. The number of anilines is 1. The van der Waals surface area contributed by atoms with Crippen LogP contribution < -0.4 is 10.1 Å². The topological polar surface area (TPSA) is 77.6 Å². The Hall–Kier alpha value is -3.09. The van der Waals surface area contributed by atoms with E-state index in [1.807, 2.05) is 48.5 Å². The number of nitrogens with one attached hydrogen (secondary N) is 2. The highest BCUT2D eigenvalue weighted by Crippen LogP contribution is 2.36. The lowest BCUT2D eigenvalue weighted by Crippen LogP contribution is -2.25. The van der Waals surface area contributed by atoms with Crippen LogP contribution in [-0.4, -0.2) is 53.7 Å². The molecule has 160 valence electrons. The van der Waals surface area contributed by atoms with Crippen molar-refractivity contribution < 1.29 is 14.6 Å². The summed E-state index contributed by atoms with van der Waals surface area (Å²) >= 11 is 0. The predicted octanol–water partition coefficient (Wildman–Crippen LogP) is 3.67. The van der Waals surface area contributed by atoms with Crippen LogP contribution in [0.3, 0.4) is 0 Å². The number of nitrogens with zero attached hydrogens (tertiary/aromatic N) is 1. The minimum Gasteiger partial charge on any atom is -0.492 e. The number of H-pyrrole nitrogens is 1. The van der Waals surface area contributed by atoms with Crippen molar-refractivity contribution in [2.45, 2.75) is 19.3 Å². The average Bonchev–Trinajstić information content (AvgIpc) is 3.48. The first-order valence-electron chi connectivity index (χ1n) is 11.0. The first-order chi connectivity index (χ1) is 15.2. The SMILES string of the molecule is O=C1Nc2cccc(CCO)c2C1=Cc1cc2cc(OCCN3CCCC3)ccc2[nH]1. The molecule has 2 aromatic carbocycles. The Morgan fingerprint density at radius 1 is 1.13 bits per heavy atom. The van der Waals surface area contributed by atoms with E-state index in [0.717, 1.165) is 45.7 Å². The van der Waals surface area contributed by atoms with E-state index in [0.29, 0.717) is 18.6 Å². The van der Waals surface area contributed by atoms with Crippen molar-refractivity contribution in [1.29, 1.82) is 0 Å². The second-order valence-electron chi connectivity index (χ2n) is 8.20. The number of amides is 1. The maximum atomic E-state index is 12.6. The second-order valence-corrected chi connectivity index (χ2v) is 8.20. The number of fused-ring (bicyclic) bond motifs is 2. The summed E-state index contributed by atoms with van der Waals surface area (Å²) in [4.78, 5) is 18.4. The molecule has 6 nitrogen and oxygen atoms in total. The molecule has 0 saturated carbocycles. The second kappa shape index (κ2) is 8.57. The molecule has 0 atom stereocenters. The number of carbonyl (C=O) groups excluding carboxylic acids is 1. The predicted molar refractivity (Wildman–Crippen MR) is 123 cm³/mol. The van der Waals surface area contributed by atoms with Crippen LogP contribution in [-0.2, 0) is 11.2 Å². The third kappa shape index (κ3) is 4.09. The average molecular weight is 418 g/mol. The van der Waals surface area contributed by atoms with E-state index in [9.17, 15) is 9.90 Å². The molecule has 2 aliphatic heterocycles. The summed E-state index contributed by atoms with van der Waals surface area (Å²) in [5.41, 5.74) is 5.13. The Kier molecular flexibility index (Phi) is 5.49. The van der Waals surface area contributed by atoms with E-state index in [1.54, 1.807) is 0 Å². The van der Waals surface area contributed by atoms with Crippen molar-refractivity contribution >= 4 is 34.1 Å². The molecule has 0 radical (unpaired) electrons. The van der Waals surface area contributed by atoms with Gasteiger partial charge in [0.1, 0.15) is 12.4 Å². The zero-order valence-corrected chi connectivity index (χ0v) is 17.5. The summed E-state index contributed by atoms with van der Waals surface area (Å²) in [6.07, 6.45) is 4.98. The Morgan fingerprint density at radius 2 is 2.00 bits per heavy atom. The highest BCUT2D eigenvalue weighted by atomic mass is 16.5. The lowest BCUT2D eigenvalue weighted by molar-refractivity contribution is -0.110. The van der Waals surface area contributed by atoms with E-state index < -0.39 is 0 Å². The molecule has 1 fully saturated rings. The minimum absolute atomic E-state index is 0.0465. The standard InChI is InChI=1S/C25H27N3O3/c29-12-8-17-4-3-5-23-24(17)21(25(30)27-23)16-19-14-18-15-20(6-7-22(18)26-19)31-13-11-28-9-1-2-10-28/h3-7,14-16,26,29H,1-2,8-13H2,(H,27,30). The number of benzene rings is 2. The largest absolute Gasteiger partial charge is 0.492 e. The molecule has 3 aromatic rings. The fourth-order valence-corrected chi connectivity index (χ4v) is 4.55. The molecule has 3 heterocycles. The number of rotatable bonds is 7. The van der Waals surface area contributed by atoms with Gasteiger partial charge in [0.15, 0.2) is 0 Å². The summed E-state index contributed by atoms with van der Waals surface area (Å²) in [5.74, 6) is 0.740. The van der Waals surface area contributed by atoms with Gasteiger partial charge >= 0.3 is 0 Å². The summed E-state index contributed by atoms with van der Waals surface area (Å²) in [6, 6.07) is 13.8. The molecular formula is C25H27N3O3. The molecule has 3 N–H and O–H groups in total. The lowest BCUT2D eigenvalue weighted by Gasteiger charge is -2.14. The van der Waals surface area contributed by atoms with Crippen LogP contribution in [0.5, 0.6) is 5.75 Å². The quantitative estimate of drug-likeness (QED) is 0.513. The Bertz CT molecular complexity index is 1140. The van der Waals surface area contributed by atoms with Crippen molar-refractivity contribution in [2.75, 3.05) is 38.2 Å². The number of likely N-dealkylation sites (tertiary alicyclic amines) is 1. The zero-order chi connectivity index (χ0) is 21.2. The number of hydrogen-bond donors (Lipinski definition) is 3. The van der Waals surface area contributed by atoms with Gasteiger partial charge < -0.3 is 20.1 Å². The van der Waals surface area contributed by atoms with Gasteiger partial charge in [-0.3, -0.25) is 9.69 Å². The summed E-state index contributed by atoms with van der Waals surface area (Å²) < 4.78 is 5.97. The highest BCUT2D eigenvalue weighted by molar-refractivity contribution is 6.35. The first-order valence-corrected chi connectivity index (χ1v) is 11.0. The van der Waals surface area contributed by atoms with Crippen molar-refractivity contribution in [1.82, 2.24) is 9.88 Å². The van der Waals surface area contributed by atoms with E-state index in [2.05, 4.69) is 15.2 Å². The van der Waals surface area contributed by atoms with Gasteiger partial charge in [0.05, 0.1) is 5.57 Å². The van der Waals surface area contributed by atoms with Crippen LogP contribution in [0.4, 0.5) is 5.69 Å². The smallest absolute Gasteiger partial charge is 0.256 e. The van der Waals surface area contributed by atoms with Crippen molar-refractivity contribution in [2.24, 2.45) is 0 Å². The minimum atomic E-state index is -0.120. The number of ether oxygens (including phenoxy) is 1. The van der Waals surface area contributed by atoms with Gasteiger partial charge in [0.25, 0.3) is 5.91 Å². The van der Waals surface area contributed by atoms with Gasteiger partial charge in [0.2, 0.25) is 0 Å². The van der Waals surface area contributed by atoms with E-state index in [-0.39, 0.29) is 12.5 Å².